The van der Waals surface area contributed by atoms with Crippen LogP contribution in [0.1, 0.15) is 6.92 Å². The number of carbonyl (C=O) groups is 1. The van der Waals surface area contributed by atoms with E-state index in [0.717, 1.165) is 0 Å². The quantitative estimate of drug-likeness (QED) is 0.657. The third kappa shape index (κ3) is 4.32. The molecule has 0 spiro atoms. The summed E-state index contributed by atoms with van der Waals surface area (Å²) in [6.07, 6.45) is 0. The lowest BCUT2D eigenvalue weighted by atomic mass is 10.3. The van der Waals surface area contributed by atoms with Crippen molar-refractivity contribution in [3.63, 3.8) is 0 Å². The van der Waals surface area contributed by atoms with E-state index < -0.39 is 23.5 Å². The highest BCUT2D eigenvalue weighted by Crippen LogP contribution is 2.17. The molecule has 1 unspecified atom stereocenters. The van der Waals surface area contributed by atoms with Gasteiger partial charge in [-0.2, -0.15) is 0 Å². The minimum Gasteiger partial charge on any atom is -0.383 e. The summed E-state index contributed by atoms with van der Waals surface area (Å²) in [7, 11) is 1.51. The fourth-order valence-corrected chi connectivity index (χ4v) is 1.28. The van der Waals surface area contributed by atoms with Crippen LogP contribution < -0.4 is 16.4 Å². The Bertz CT molecular complexity index is 457. The Balaban J connectivity index is 2.63. The van der Waals surface area contributed by atoms with Crippen molar-refractivity contribution < 1.29 is 18.3 Å². The lowest BCUT2D eigenvalue weighted by Gasteiger charge is -2.15. The molecule has 0 radical (unpaired) electrons. The molecule has 0 aliphatic heterocycles. The lowest BCUT2D eigenvalue weighted by Crippen LogP contribution is -2.39. The standard InChI is InChI=1S/C11H16F2N4O2/c1-6(11(18)15-3-4-19-2)16-10-8(13)5-7(12)9(14)17-10/h5-6H,3-4H2,1-2H3,(H,15,18)(H3,14,16,17). The third-order valence-electron chi connectivity index (χ3n) is 2.31. The summed E-state index contributed by atoms with van der Waals surface area (Å²) in [6.45, 7) is 2.22. The van der Waals surface area contributed by atoms with Crippen LogP contribution >= 0.6 is 0 Å². The van der Waals surface area contributed by atoms with Gasteiger partial charge in [0.15, 0.2) is 23.3 Å². The van der Waals surface area contributed by atoms with Crippen LogP contribution in [-0.2, 0) is 9.53 Å². The number of nitrogens with two attached hydrogens (primary N) is 1. The largest absolute Gasteiger partial charge is 0.383 e. The van der Waals surface area contributed by atoms with E-state index in [9.17, 15) is 13.6 Å². The van der Waals surface area contributed by atoms with Gasteiger partial charge in [-0.1, -0.05) is 0 Å². The van der Waals surface area contributed by atoms with Crippen molar-refractivity contribution >= 4 is 17.5 Å². The molecule has 4 N–H and O–H groups in total. The minimum atomic E-state index is -0.944. The van der Waals surface area contributed by atoms with E-state index in [1.54, 1.807) is 0 Å². The van der Waals surface area contributed by atoms with Crippen LogP contribution in [0.4, 0.5) is 20.4 Å². The Morgan fingerprint density at radius 1 is 1.53 bits per heavy atom. The van der Waals surface area contributed by atoms with Crippen LogP contribution in [-0.4, -0.2) is 37.2 Å². The van der Waals surface area contributed by atoms with Gasteiger partial charge < -0.3 is 21.1 Å². The highest BCUT2D eigenvalue weighted by molar-refractivity contribution is 5.83. The zero-order chi connectivity index (χ0) is 14.4. The zero-order valence-corrected chi connectivity index (χ0v) is 10.7. The maximum atomic E-state index is 13.4. The summed E-state index contributed by atoms with van der Waals surface area (Å²) in [4.78, 5) is 15.1. The molecule has 1 aromatic heterocycles. The van der Waals surface area contributed by atoms with Crippen molar-refractivity contribution in [2.75, 3.05) is 31.3 Å². The van der Waals surface area contributed by atoms with Crippen molar-refractivity contribution in [3.8, 4) is 0 Å². The molecule has 8 heteroatoms. The van der Waals surface area contributed by atoms with Gasteiger partial charge in [0.2, 0.25) is 5.91 Å². The fourth-order valence-electron chi connectivity index (χ4n) is 1.28. The van der Waals surface area contributed by atoms with Gasteiger partial charge >= 0.3 is 0 Å². The Labute approximate surface area is 109 Å². The molecule has 0 saturated heterocycles. The van der Waals surface area contributed by atoms with Crippen molar-refractivity contribution in [3.05, 3.63) is 17.7 Å². The summed E-state index contributed by atoms with van der Waals surface area (Å²) < 4.78 is 31.1. The topological polar surface area (TPSA) is 89.3 Å². The molecular formula is C11H16F2N4O2. The van der Waals surface area contributed by atoms with Crippen molar-refractivity contribution in [1.82, 2.24) is 10.3 Å². The molecule has 0 bridgehead atoms. The predicted molar refractivity (Wildman–Crippen MR) is 66.5 cm³/mol. The van der Waals surface area contributed by atoms with E-state index in [0.29, 0.717) is 19.2 Å². The van der Waals surface area contributed by atoms with Gasteiger partial charge in [-0.25, -0.2) is 13.8 Å². The Hall–Kier alpha value is -1.96. The fraction of sp³-hybridized carbons (Fsp3) is 0.455. The van der Waals surface area contributed by atoms with E-state index >= 15 is 0 Å². The first-order chi connectivity index (χ1) is 8.95. The molecule has 19 heavy (non-hydrogen) atoms. The van der Waals surface area contributed by atoms with Crippen LogP contribution in [0.5, 0.6) is 0 Å². The van der Waals surface area contributed by atoms with Gasteiger partial charge in [-0.3, -0.25) is 4.79 Å². The second kappa shape index (κ2) is 6.83. The summed E-state index contributed by atoms with van der Waals surface area (Å²) in [6, 6.07) is -0.135. The van der Waals surface area contributed by atoms with Crippen LogP contribution in [0.2, 0.25) is 0 Å². The molecule has 0 saturated carbocycles. The number of methoxy groups -OCH3 is 1. The van der Waals surface area contributed by atoms with Crippen molar-refractivity contribution in [2.24, 2.45) is 0 Å². The summed E-state index contributed by atoms with van der Waals surface area (Å²) in [5, 5.41) is 5.09. The average Bonchev–Trinajstić information content (AvgIpc) is 2.36. The first-order valence-corrected chi connectivity index (χ1v) is 5.60. The van der Waals surface area contributed by atoms with Crippen LogP contribution in [0.25, 0.3) is 0 Å². The summed E-state index contributed by atoms with van der Waals surface area (Å²) >= 11 is 0. The van der Waals surface area contributed by atoms with Gasteiger partial charge in [0, 0.05) is 19.7 Å². The normalized spacial score (nSPS) is 12.0. The molecule has 0 aromatic carbocycles. The maximum Gasteiger partial charge on any atom is 0.242 e. The molecule has 0 aliphatic rings. The number of anilines is 2. The van der Waals surface area contributed by atoms with Crippen LogP contribution in [0, 0.1) is 11.6 Å². The molecule has 1 heterocycles. The number of amides is 1. The second-order valence-corrected chi connectivity index (χ2v) is 3.84. The molecule has 6 nitrogen and oxygen atoms in total. The van der Waals surface area contributed by atoms with E-state index in [-0.39, 0.29) is 11.7 Å². The molecule has 1 rings (SSSR count). The maximum absolute atomic E-state index is 13.4. The Kier molecular flexibility index (Phi) is 5.43. The monoisotopic (exact) mass is 274 g/mol. The van der Waals surface area contributed by atoms with Gasteiger partial charge in [0.1, 0.15) is 6.04 Å². The number of carbonyl (C=O) groups excluding carboxylic acids is 1. The van der Waals surface area contributed by atoms with E-state index in [1.165, 1.54) is 14.0 Å². The SMILES string of the molecule is COCCNC(=O)C(C)Nc1nc(N)c(F)cc1F. The van der Waals surface area contributed by atoms with Crippen molar-refractivity contribution in [1.29, 1.82) is 0 Å². The van der Waals surface area contributed by atoms with Gasteiger partial charge in [-0.15, -0.1) is 0 Å². The molecule has 106 valence electrons. The number of ether oxygens (including phenoxy) is 1. The van der Waals surface area contributed by atoms with Crippen LogP contribution in [0.3, 0.4) is 0 Å². The van der Waals surface area contributed by atoms with Gasteiger partial charge in [0.05, 0.1) is 6.61 Å². The smallest absolute Gasteiger partial charge is 0.242 e. The van der Waals surface area contributed by atoms with Gasteiger partial charge in [-0.05, 0) is 6.92 Å². The number of halogens is 2. The molecule has 0 fully saturated rings. The number of hydrogen-bond donors (Lipinski definition) is 3. The number of pyridine rings is 1. The van der Waals surface area contributed by atoms with E-state index in [2.05, 4.69) is 15.6 Å². The zero-order valence-electron chi connectivity index (χ0n) is 10.7. The molecule has 1 atom stereocenters. The lowest BCUT2D eigenvalue weighted by molar-refractivity contribution is -0.121. The first-order valence-electron chi connectivity index (χ1n) is 5.60. The number of hydrogen-bond acceptors (Lipinski definition) is 5. The number of aromatic nitrogens is 1. The number of rotatable bonds is 6. The second-order valence-electron chi connectivity index (χ2n) is 3.84. The predicted octanol–water partition coefficient (Wildman–Crippen LogP) is 0.505. The molecule has 1 amide bonds. The Morgan fingerprint density at radius 3 is 2.84 bits per heavy atom. The summed E-state index contributed by atoms with van der Waals surface area (Å²) in [5.74, 6) is -2.92. The molecule has 0 aliphatic carbocycles. The average molecular weight is 274 g/mol. The highest BCUT2D eigenvalue weighted by Gasteiger charge is 2.16. The van der Waals surface area contributed by atoms with Gasteiger partial charge in [0.25, 0.3) is 0 Å². The van der Waals surface area contributed by atoms with E-state index in [1.807, 2.05) is 0 Å². The third-order valence-corrected chi connectivity index (χ3v) is 2.31. The number of nitrogens with one attached hydrogen (secondary N) is 2. The summed E-state index contributed by atoms with van der Waals surface area (Å²) in [5.41, 5.74) is 5.23. The Morgan fingerprint density at radius 2 is 2.21 bits per heavy atom. The molecule has 1 aromatic rings. The number of nitrogen functional groups attached to an aromatic ring is 1. The first kappa shape index (κ1) is 15.1. The minimum absolute atomic E-state index is 0.270. The number of nitrogens with zero attached hydrogens (tertiary/aromatic N) is 1. The van der Waals surface area contributed by atoms with Crippen LogP contribution in [0.15, 0.2) is 6.07 Å². The highest BCUT2D eigenvalue weighted by atomic mass is 19.1. The van der Waals surface area contributed by atoms with Crippen molar-refractivity contribution in [2.45, 2.75) is 13.0 Å². The van der Waals surface area contributed by atoms with E-state index in [4.69, 9.17) is 10.5 Å². The molecular weight excluding hydrogens is 258 g/mol.